The van der Waals surface area contributed by atoms with Gasteiger partial charge in [0.25, 0.3) is 10.0 Å². The van der Waals surface area contributed by atoms with Crippen molar-refractivity contribution in [3.05, 3.63) is 35.8 Å². The van der Waals surface area contributed by atoms with Crippen LogP contribution in [-0.2, 0) is 14.8 Å². The number of hydrogen-bond acceptors (Lipinski definition) is 6. The first-order valence-electron chi connectivity index (χ1n) is 6.94. The lowest BCUT2D eigenvalue weighted by atomic mass is 10.2. The summed E-state index contributed by atoms with van der Waals surface area (Å²) in [5, 5.41) is 4.63. The molecule has 2 rings (SSSR count). The third-order valence-electron chi connectivity index (χ3n) is 2.91. The highest BCUT2D eigenvalue weighted by molar-refractivity contribution is 7.93. The summed E-state index contributed by atoms with van der Waals surface area (Å²) < 4.78 is 26.9. The molecule has 4 N–H and O–H groups in total. The minimum absolute atomic E-state index is 0.0534. The standard InChI is InChI=1S/C14H18N4O3S2/c1-10(15)5-6-13(19)17-11-3-2-4-12(9-11)23(20,21)18-14-16-7-8-22-14/h2-4,7-10H,5-6,15H2,1H3,(H,16,18)(H,17,19). The molecule has 124 valence electrons. The van der Waals surface area contributed by atoms with Gasteiger partial charge in [0.2, 0.25) is 5.91 Å². The number of amides is 1. The van der Waals surface area contributed by atoms with Crippen LogP contribution in [-0.4, -0.2) is 25.4 Å². The Morgan fingerprint density at radius 1 is 1.43 bits per heavy atom. The van der Waals surface area contributed by atoms with Crippen molar-refractivity contribution in [3.63, 3.8) is 0 Å². The zero-order valence-electron chi connectivity index (χ0n) is 12.5. The van der Waals surface area contributed by atoms with E-state index < -0.39 is 10.0 Å². The van der Waals surface area contributed by atoms with E-state index in [1.54, 1.807) is 17.5 Å². The number of nitrogens with zero attached hydrogens (tertiary/aromatic N) is 1. The molecule has 0 spiro atoms. The summed E-state index contributed by atoms with van der Waals surface area (Å²) in [6.07, 6.45) is 2.36. The summed E-state index contributed by atoms with van der Waals surface area (Å²) in [5.41, 5.74) is 6.03. The van der Waals surface area contributed by atoms with Crippen LogP contribution in [0.2, 0.25) is 0 Å². The molecular weight excluding hydrogens is 336 g/mol. The molecule has 0 bridgehead atoms. The smallest absolute Gasteiger partial charge is 0.263 e. The second kappa shape index (κ2) is 7.53. The van der Waals surface area contributed by atoms with Crippen molar-refractivity contribution >= 4 is 38.1 Å². The van der Waals surface area contributed by atoms with Gasteiger partial charge in [0.1, 0.15) is 0 Å². The van der Waals surface area contributed by atoms with Crippen molar-refractivity contribution in [1.29, 1.82) is 0 Å². The van der Waals surface area contributed by atoms with Gasteiger partial charge in [0, 0.05) is 29.7 Å². The number of hydrogen-bond donors (Lipinski definition) is 3. The van der Waals surface area contributed by atoms with Gasteiger partial charge in [0.05, 0.1) is 4.90 Å². The maximum Gasteiger partial charge on any atom is 0.263 e. The molecule has 1 aromatic carbocycles. The fourth-order valence-electron chi connectivity index (χ4n) is 1.77. The Balaban J connectivity index is 2.08. The maximum atomic E-state index is 12.3. The Bertz CT molecular complexity index is 758. The van der Waals surface area contributed by atoms with Crippen molar-refractivity contribution in [1.82, 2.24) is 4.98 Å². The molecule has 2 aromatic rings. The van der Waals surface area contributed by atoms with Gasteiger partial charge in [0.15, 0.2) is 5.13 Å². The lowest BCUT2D eigenvalue weighted by Gasteiger charge is -2.09. The van der Waals surface area contributed by atoms with E-state index in [1.165, 1.54) is 29.7 Å². The number of nitrogens with one attached hydrogen (secondary N) is 2. The van der Waals surface area contributed by atoms with Crippen LogP contribution in [0.15, 0.2) is 40.7 Å². The molecule has 0 saturated carbocycles. The fraction of sp³-hybridized carbons (Fsp3) is 0.286. The van der Waals surface area contributed by atoms with Gasteiger partial charge >= 0.3 is 0 Å². The van der Waals surface area contributed by atoms with E-state index in [-0.39, 0.29) is 28.4 Å². The predicted octanol–water partition coefficient (Wildman–Crippen LogP) is 2.01. The number of rotatable bonds is 7. The van der Waals surface area contributed by atoms with Gasteiger partial charge < -0.3 is 11.1 Å². The van der Waals surface area contributed by atoms with Crippen molar-refractivity contribution in [3.8, 4) is 0 Å². The molecule has 9 heteroatoms. The van der Waals surface area contributed by atoms with Gasteiger partial charge in [-0.3, -0.25) is 9.52 Å². The Morgan fingerprint density at radius 2 is 2.22 bits per heavy atom. The molecule has 0 radical (unpaired) electrons. The molecule has 1 heterocycles. The summed E-state index contributed by atoms with van der Waals surface area (Å²) in [7, 11) is -3.74. The highest BCUT2D eigenvalue weighted by atomic mass is 32.2. The fourth-order valence-corrected chi connectivity index (χ4v) is 3.61. The Kier molecular flexibility index (Phi) is 5.69. The normalized spacial score (nSPS) is 12.6. The number of carbonyl (C=O) groups excluding carboxylic acids is 1. The summed E-state index contributed by atoms with van der Waals surface area (Å²) in [6, 6.07) is 5.99. The van der Waals surface area contributed by atoms with Crippen LogP contribution in [0, 0.1) is 0 Å². The van der Waals surface area contributed by atoms with Crippen LogP contribution < -0.4 is 15.8 Å². The van der Waals surface area contributed by atoms with Crippen molar-refractivity contribution in [2.75, 3.05) is 10.0 Å². The van der Waals surface area contributed by atoms with Gasteiger partial charge in [-0.25, -0.2) is 13.4 Å². The van der Waals surface area contributed by atoms with Crippen LogP contribution in [0.1, 0.15) is 19.8 Å². The predicted molar refractivity (Wildman–Crippen MR) is 90.9 cm³/mol. The number of thiazole rings is 1. The first-order valence-corrected chi connectivity index (χ1v) is 9.31. The molecule has 0 fully saturated rings. The molecule has 0 aliphatic rings. The molecule has 23 heavy (non-hydrogen) atoms. The first-order chi connectivity index (χ1) is 10.9. The number of carbonyl (C=O) groups is 1. The molecule has 1 unspecified atom stereocenters. The van der Waals surface area contributed by atoms with Crippen LogP contribution in [0.5, 0.6) is 0 Å². The average Bonchev–Trinajstić information content (AvgIpc) is 2.97. The second-order valence-electron chi connectivity index (χ2n) is 5.03. The molecule has 0 aliphatic carbocycles. The SMILES string of the molecule is CC(N)CCC(=O)Nc1cccc(S(=O)(=O)Nc2nccs2)c1. The quantitative estimate of drug-likeness (QED) is 0.704. The highest BCUT2D eigenvalue weighted by Crippen LogP contribution is 2.20. The van der Waals surface area contributed by atoms with Crippen molar-refractivity contribution in [2.45, 2.75) is 30.7 Å². The summed E-state index contributed by atoms with van der Waals surface area (Å²) in [6.45, 7) is 1.82. The molecule has 0 aliphatic heterocycles. The minimum atomic E-state index is -3.74. The van der Waals surface area contributed by atoms with E-state index in [2.05, 4.69) is 15.0 Å². The molecule has 1 amide bonds. The van der Waals surface area contributed by atoms with E-state index >= 15 is 0 Å². The minimum Gasteiger partial charge on any atom is -0.328 e. The second-order valence-corrected chi connectivity index (χ2v) is 7.61. The number of aromatic nitrogens is 1. The van der Waals surface area contributed by atoms with Gasteiger partial charge in [-0.05, 0) is 31.5 Å². The molecule has 0 saturated heterocycles. The Hall–Kier alpha value is -1.97. The summed E-state index contributed by atoms with van der Waals surface area (Å²) >= 11 is 1.19. The van der Waals surface area contributed by atoms with Crippen LogP contribution >= 0.6 is 11.3 Å². The van der Waals surface area contributed by atoms with Crippen molar-refractivity contribution in [2.24, 2.45) is 5.73 Å². The van der Waals surface area contributed by atoms with Gasteiger partial charge in [-0.15, -0.1) is 11.3 Å². The average molecular weight is 354 g/mol. The summed E-state index contributed by atoms with van der Waals surface area (Å²) in [4.78, 5) is 15.7. The van der Waals surface area contributed by atoms with E-state index in [0.717, 1.165) is 0 Å². The number of anilines is 2. The van der Waals surface area contributed by atoms with E-state index in [4.69, 9.17) is 5.73 Å². The summed E-state index contributed by atoms with van der Waals surface area (Å²) in [5.74, 6) is -0.204. The lowest BCUT2D eigenvalue weighted by Crippen LogP contribution is -2.19. The molecule has 7 nitrogen and oxygen atoms in total. The van der Waals surface area contributed by atoms with Gasteiger partial charge in [-0.2, -0.15) is 0 Å². The number of benzene rings is 1. The maximum absolute atomic E-state index is 12.3. The van der Waals surface area contributed by atoms with E-state index in [9.17, 15) is 13.2 Å². The zero-order valence-corrected chi connectivity index (χ0v) is 14.2. The molecule has 1 aromatic heterocycles. The van der Waals surface area contributed by atoms with Gasteiger partial charge in [-0.1, -0.05) is 6.07 Å². The Morgan fingerprint density at radius 3 is 2.87 bits per heavy atom. The largest absolute Gasteiger partial charge is 0.328 e. The van der Waals surface area contributed by atoms with E-state index in [1.807, 2.05) is 6.92 Å². The third kappa shape index (κ3) is 5.31. The van der Waals surface area contributed by atoms with Crippen LogP contribution in [0.4, 0.5) is 10.8 Å². The monoisotopic (exact) mass is 354 g/mol. The number of sulfonamides is 1. The van der Waals surface area contributed by atoms with Crippen LogP contribution in [0.3, 0.4) is 0 Å². The molecule has 1 atom stereocenters. The topological polar surface area (TPSA) is 114 Å². The highest BCUT2D eigenvalue weighted by Gasteiger charge is 2.16. The lowest BCUT2D eigenvalue weighted by molar-refractivity contribution is -0.116. The third-order valence-corrected chi connectivity index (χ3v) is 5.06. The number of nitrogens with two attached hydrogens (primary N) is 1. The van der Waals surface area contributed by atoms with E-state index in [0.29, 0.717) is 12.1 Å². The first kappa shape index (κ1) is 17.4. The van der Waals surface area contributed by atoms with Crippen LogP contribution in [0.25, 0.3) is 0 Å². The van der Waals surface area contributed by atoms with Crippen molar-refractivity contribution < 1.29 is 13.2 Å². The molecular formula is C14H18N4O3S2. The Labute approximate surface area is 139 Å². The zero-order chi connectivity index (χ0) is 16.9.